The van der Waals surface area contributed by atoms with Crippen LogP contribution in [-0.2, 0) is 10.0 Å². The van der Waals surface area contributed by atoms with E-state index in [1.54, 1.807) is 36.4 Å². The number of hydrogen-bond donors (Lipinski definition) is 1. The van der Waals surface area contributed by atoms with Crippen LogP contribution >= 0.6 is 23.1 Å². The highest BCUT2D eigenvalue weighted by atomic mass is 32.2. The van der Waals surface area contributed by atoms with Gasteiger partial charge in [-0.2, -0.15) is 0 Å². The van der Waals surface area contributed by atoms with E-state index in [-0.39, 0.29) is 17.4 Å². The molecular weight excluding hydrogens is 457 g/mol. The second kappa shape index (κ2) is 8.74. The number of fused-ring (bicyclic) bond motifs is 1. The number of thioether (sulfide) groups is 1. The number of benzene rings is 2. The molecule has 6 nitrogen and oxygen atoms in total. The molecule has 4 rings (SSSR count). The van der Waals surface area contributed by atoms with Gasteiger partial charge < -0.3 is 0 Å². The van der Waals surface area contributed by atoms with E-state index in [1.165, 1.54) is 41.6 Å². The molecule has 2 aromatic carbocycles. The van der Waals surface area contributed by atoms with Crippen LogP contribution in [0.25, 0.3) is 21.3 Å². The first-order valence-corrected chi connectivity index (χ1v) is 12.8. The van der Waals surface area contributed by atoms with Crippen LogP contribution in [0, 0.1) is 5.82 Å². The number of carbonyl (C=O) groups excluding carboxylic acids is 1. The third-order valence-electron chi connectivity index (χ3n) is 4.34. The van der Waals surface area contributed by atoms with E-state index in [0.29, 0.717) is 16.3 Å². The molecule has 0 unspecified atom stereocenters. The number of halogens is 1. The molecule has 0 aliphatic heterocycles. The summed E-state index contributed by atoms with van der Waals surface area (Å²) in [7, 11) is -3.37. The number of ketones is 1. The van der Waals surface area contributed by atoms with Gasteiger partial charge in [-0.15, -0.1) is 11.3 Å². The van der Waals surface area contributed by atoms with Gasteiger partial charge in [0.05, 0.1) is 17.4 Å². The largest absolute Gasteiger partial charge is 0.293 e. The van der Waals surface area contributed by atoms with Crippen molar-refractivity contribution in [2.75, 3.05) is 16.7 Å². The van der Waals surface area contributed by atoms with E-state index < -0.39 is 10.0 Å². The topological polar surface area (TPSA) is 89.0 Å². The lowest BCUT2D eigenvalue weighted by atomic mass is 10.1. The summed E-state index contributed by atoms with van der Waals surface area (Å²) in [4.78, 5) is 22.1. The Labute approximate surface area is 186 Å². The van der Waals surface area contributed by atoms with Gasteiger partial charge in [-0.25, -0.2) is 22.8 Å². The van der Waals surface area contributed by atoms with E-state index in [9.17, 15) is 17.6 Å². The van der Waals surface area contributed by atoms with Crippen molar-refractivity contribution >= 4 is 54.8 Å². The molecule has 0 fully saturated rings. The van der Waals surface area contributed by atoms with Gasteiger partial charge in [0.25, 0.3) is 0 Å². The Balaban J connectivity index is 1.54. The molecule has 2 aromatic heterocycles. The Morgan fingerprint density at radius 3 is 2.48 bits per heavy atom. The van der Waals surface area contributed by atoms with Crippen LogP contribution in [0.1, 0.15) is 10.4 Å². The smallest absolute Gasteiger partial charge is 0.229 e. The molecule has 158 valence electrons. The second-order valence-corrected chi connectivity index (χ2v) is 10.2. The van der Waals surface area contributed by atoms with Gasteiger partial charge in [0, 0.05) is 22.2 Å². The van der Waals surface area contributed by atoms with Gasteiger partial charge in [-0.1, -0.05) is 23.9 Å². The number of anilines is 1. The minimum absolute atomic E-state index is 0.110. The van der Waals surface area contributed by atoms with Crippen molar-refractivity contribution in [3.63, 3.8) is 0 Å². The zero-order valence-corrected chi connectivity index (χ0v) is 18.7. The molecule has 0 radical (unpaired) electrons. The highest BCUT2D eigenvalue weighted by Gasteiger charge is 2.15. The first-order valence-electron chi connectivity index (χ1n) is 9.02. The molecule has 0 atom stereocenters. The van der Waals surface area contributed by atoms with Gasteiger partial charge in [-0.3, -0.25) is 9.52 Å². The molecule has 0 aliphatic rings. The van der Waals surface area contributed by atoms with E-state index in [2.05, 4.69) is 14.7 Å². The molecule has 0 saturated heterocycles. The fourth-order valence-electron chi connectivity index (χ4n) is 2.95. The summed E-state index contributed by atoms with van der Waals surface area (Å²) in [5, 5.41) is 3.46. The molecule has 0 aliphatic carbocycles. The number of hydrogen-bond acceptors (Lipinski definition) is 7. The quantitative estimate of drug-likeness (QED) is 0.235. The maximum absolute atomic E-state index is 13.3. The third-order valence-corrected chi connectivity index (χ3v) is 6.82. The fraction of sp³-hybridized carbons (Fsp3) is 0.0952. The number of aromatic nitrogens is 2. The number of rotatable bonds is 7. The van der Waals surface area contributed by atoms with Crippen molar-refractivity contribution in [3.05, 3.63) is 71.6 Å². The van der Waals surface area contributed by atoms with E-state index >= 15 is 0 Å². The number of thiophene rings is 1. The van der Waals surface area contributed by atoms with Crippen LogP contribution in [0.2, 0.25) is 0 Å². The first kappa shape index (κ1) is 21.4. The highest BCUT2D eigenvalue weighted by molar-refractivity contribution is 8.00. The van der Waals surface area contributed by atoms with Gasteiger partial charge in [0.1, 0.15) is 22.0 Å². The van der Waals surface area contributed by atoms with Gasteiger partial charge in [0.15, 0.2) is 5.78 Å². The third kappa shape index (κ3) is 5.09. The fourth-order valence-corrected chi connectivity index (χ4v) is 5.41. The summed E-state index contributed by atoms with van der Waals surface area (Å²) in [6.07, 6.45) is 2.53. The average molecular weight is 474 g/mol. The second-order valence-electron chi connectivity index (χ2n) is 6.68. The lowest BCUT2D eigenvalue weighted by molar-refractivity contribution is 0.102. The Morgan fingerprint density at radius 2 is 1.81 bits per heavy atom. The predicted octanol–water partition coefficient (Wildman–Crippen LogP) is 4.84. The zero-order valence-electron chi connectivity index (χ0n) is 16.2. The normalized spacial score (nSPS) is 11.5. The van der Waals surface area contributed by atoms with E-state index in [1.807, 2.05) is 5.38 Å². The van der Waals surface area contributed by atoms with Crippen LogP contribution in [0.3, 0.4) is 0 Å². The number of nitrogens with zero attached hydrogens (tertiary/aromatic N) is 2. The van der Waals surface area contributed by atoms with Gasteiger partial charge in [0.2, 0.25) is 10.0 Å². The van der Waals surface area contributed by atoms with Crippen molar-refractivity contribution in [1.82, 2.24) is 9.97 Å². The molecule has 1 N–H and O–H groups in total. The van der Waals surface area contributed by atoms with Crippen molar-refractivity contribution in [1.29, 1.82) is 0 Å². The monoisotopic (exact) mass is 473 g/mol. The SMILES string of the molecule is CS(=O)(=O)Nc1ccc(C(=O)CSc2ncnc3scc(-c4ccc(F)cc4)c23)cc1. The van der Waals surface area contributed by atoms with Crippen LogP contribution < -0.4 is 4.72 Å². The lowest BCUT2D eigenvalue weighted by Crippen LogP contribution is -2.10. The Kier molecular flexibility index (Phi) is 6.03. The molecule has 2 heterocycles. The lowest BCUT2D eigenvalue weighted by Gasteiger charge is -2.07. The zero-order chi connectivity index (χ0) is 22.0. The van der Waals surface area contributed by atoms with Crippen LogP contribution in [0.5, 0.6) is 0 Å². The van der Waals surface area contributed by atoms with Crippen molar-refractivity contribution in [2.24, 2.45) is 0 Å². The van der Waals surface area contributed by atoms with E-state index in [0.717, 1.165) is 27.6 Å². The molecule has 10 heteroatoms. The van der Waals surface area contributed by atoms with E-state index in [4.69, 9.17) is 0 Å². The summed E-state index contributed by atoms with van der Waals surface area (Å²) < 4.78 is 38.3. The molecule has 0 spiro atoms. The molecule has 0 saturated carbocycles. The highest BCUT2D eigenvalue weighted by Crippen LogP contribution is 2.38. The van der Waals surface area contributed by atoms with Crippen LogP contribution in [0.15, 0.2) is 65.3 Å². The van der Waals surface area contributed by atoms with Crippen molar-refractivity contribution < 1.29 is 17.6 Å². The molecule has 0 amide bonds. The maximum Gasteiger partial charge on any atom is 0.229 e. The number of sulfonamides is 1. The summed E-state index contributed by atoms with van der Waals surface area (Å²) in [6.45, 7) is 0. The Hall–Kier alpha value is -2.82. The maximum atomic E-state index is 13.3. The van der Waals surface area contributed by atoms with Crippen LogP contribution in [-0.4, -0.2) is 36.2 Å². The van der Waals surface area contributed by atoms with Crippen LogP contribution in [0.4, 0.5) is 10.1 Å². The standard InChI is InChI=1S/C21H16FN3O3S3/c1-31(27,28)25-16-8-4-14(5-9-16)18(26)11-30-21-19-17(10-29-20(19)23-12-24-21)13-2-6-15(22)7-3-13/h2-10,12,25H,11H2,1H3. The summed E-state index contributed by atoms with van der Waals surface area (Å²) in [5.41, 5.74) is 2.61. The van der Waals surface area contributed by atoms with Crippen molar-refractivity contribution in [2.45, 2.75) is 5.03 Å². The number of Topliss-reactive ketones (excluding diaryl/α,β-unsaturated/α-hetero) is 1. The number of carbonyl (C=O) groups is 1. The molecular formula is C21H16FN3O3S3. The summed E-state index contributed by atoms with van der Waals surface area (Å²) in [5.74, 6) is -0.261. The molecule has 0 bridgehead atoms. The van der Waals surface area contributed by atoms with Crippen molar-refractivity contribution in [3.8, 4) is 11.1 Å². The number of nitrogens with one attached hydrogen (secondary N) is 1. The predicted molar refractivity (Wildman–Crippen MR) is 123 cm³/mol. The minimum Gasteiger partial charge on any atom is -0.293 e. The minimum atomic E-state index is -3.37. The average Bonchev–Trinajstić information content (AvgIpc) is 3.17. The van der Waals surface area contributed by atoms with Gasteiger partial charge >= 0.3 is 0 Å². The van der Waals surface area contributed by atoms with Gasteiger partial charge in [-0.05, 0) is 42.0 Å². The molecule has 31 heavy (non-hydrogen) atoms. The molecule has 4 aromatic rings. The Morgan fingerprint density at radius 1 is 1.10 bits per heavy atom. The summed E-state index contributed by atoms with van der Waals surface area (Å²) in [6, 6.07) is 12.5. The Bertz CT molecular complexity index is 1350. The first-order chi connectivity index (χ1) is 14.8. The summed E-state index contributed by atoms with van der Waals surface area (Å²) >= 11 is 2.77.